The van der Waals surface area contributed by atoms with Crippen molar-refractivity contribution < 1.29 is 22.1 Å². The third-order valence-electron chi connectivity index (χ3n) is 8.93. The average Bonchev–Trinajstić information content (AvgIpc) is 2.98. The minimum atomic E-state index is -4.92. The van der Waals surface area contributed by atoms with Gasteiger partial charge in [0.2, 0.25) is 10.4 Å². The van der Waals surface area contributed by atoms with Gasteiger partial charge in [-0.1, -0.05) is 173 Å². The maximum atomic E-state index is 8.63. The molecule has 0 aliphatic rings. The number of nitrogens with zero attached hydrogens (tertiary/aromatic N) is 1. The number of fused-ring (bicyclic) bond motifs is 1. The lowest BCUT2D eigenvalue weighted by atomic mass is 9.97. The summed E-state index contributed by atoms with van der Waals surface area (Å²) in [7, 11) is -2.63. The number of rotatable bonds is 26. The highest BCUT2D eigenvalue weighted by Gasteiger charge is 2.16. The van der Waals surface area contributed by atoms with Crippen LogP contribution in [0.4, 0.5) is 0 Å². The van der Waals surface area contributed by atoms with Gasteiger partial charge in [-0.25, -0.2) is 13.0 Å². The van der Waals surface area contributed by atoms with Crippen molar-refractivity contribution in [3.63, 3.8) is 0 Å². The first kappa shape index (κ1) is 40.5. The number of hydrogen-bond acceptors (Lipinski definition) is 3. The van der Waals surface area contributed by atoms with Crippen LogP contribution in [0.3, 0.4) is 0 Å². The number of aromatic nitrogens is 1. The number of benzene rings is 1. The van der Waals surface area contributed by atoms with Gasteiger partial charge in [-0.05, 0) is 30.7 Å². The molecule has 0 aliphatic carbocycles. The molecule has 0 bridgehead atoms. The van der Waals surface area contributed by atoms with Gasteiger partial charge in [-0.2, -0.15) is 0 Å². The van der Waals surface area contributed by atoms with Gasteiger partial charge >= 0.3 is 0 Å². The minimum Gasteiger partial charge on any atom is -0.726 e. The molecule has 0 fully saturated rings. The molecule has 1 aromatic carbocycles. The molecule has 0 saturated carbocycles. The molecule has 0 unspecified atom stereocenters. The molecule has 1 aromatic heterocycles. The zero-order valence-electron chi connectivity index (χ0n) is 28.8. The van der Waals surface area contributed by atoms with Crippen LogP contribution in [0.1, 0.15) is 179 Å². The van der Waals surface area contributed by atoms with Crippen molar-refractivity contribution in [3.8, 4) is 0 Å². The van der Waals surface area contributed by atoms with E-state index in [0.717, 1.165) is 0 Å². The molecule has 0 spiro atoms. The van der Waals surface area contributed by atoms with Crippen LogP contribution in [-0.2, 0) is 30.3 Å². The largest absolute Gasteiger partial charge is 0.726 e. The van der Waals surface area contributed by atoms with Crippen molar-refractivity contribution in [2.24, 2.45) is 7.05 Å². The quantitative estimate of drug-likeness (QED) is 0.0483. The Hall–Kier alpha value is -1.50. The smallest absolute Gasteiger partial charge is 0.215 e. The molecule has 0 amide bonds. The van der Waals surface area contributed by atoms with Gasteiger partial charge in [0.1, 0.15) is 7.05 Å². The van der Waals surface area contributed by atoms with Crippen LogP contribution in [0.25, 0.3) is 10.8 Å². The van der Waals surface area contributed by atoms with Crippen LogP contribution in [0, 0.1) is 0 Å². The molecule has 2 aromatic rings. The summed E-state index contributed by atoms with van der Waals surface area (Å²) in [5.41, 5.74) is 3.09. The van der Waals surface area contributed by atoms with Crippen LogP contribution in [0.5, 0.6) is 0 Å². The van der Waals surface area contributed by atoms with E-state index in [1.807, 2.05) is 0 Å². The monoisotopic (exact) mass is 633 g/mol. The average molecular weight is 634 g/mol. The second kappa shape index (κ2) is 26.7. The third-order valence-corrected chi connectivity index (χ3v) is 8.93. The fourth-order valence-electron chi connectivity index (χ4n) is 6.39. The highest BCUT2D eigenvalue weighted by atomic mass is 32.3. The second-order valence-corrected chi connectivity index (χ2v) is 13.8. The number of hydrogen-bond donors (Lipinski definition) is 1. The third kappa shape index (κ3) is 22.1. The van der Waals surface area contributed by atoms with E-state index in [2.05, 4.69) is 55.9 Å². The minimum absolute atomic E-state index is 1.22. The Morgan fingerprint density at radius 3 is 1.27 bits per heavy atom. The van der Waals surface area contributed by atoms with E-state index in [1.165, 1.54) is 183 Å². The van der Waals surface area contributed by atoms with Crippen molar-refractivity contribution in [1.82, 2.24) is 0 Å². The van der Waals surface area contributed by atoms with Gasteiger partial charge < -0.3 is 4.55 Å². The molecule has 0 aliphatic heterocycles. The van der Waals surface area contributed by atoms with Crippen molar-refractivity contribution in [2.45, 2.75) is 181 Å². The van der Waals surface area contributed by atoms with E-state index < -0.39 is 10.4 Å². The molecule has 5 nitrogen and oxygen atoms in total. The molecule has 1 heterocycles. The predicted molar refractivity (Wildman–Crippen MR) is 187 cm³/mol. The van der Waals surface area contributed by atoms with E-state index in [1.54, 1.807) is 5.56 Å². The standard InChI is InChI=1S/C38H66N.H2O4S/c1-4-6-8-10-12-14-16-18-20-22-24-26-30-35-34-39(3)38(37-32-29-28-31-36(35)37)33-27-25-23-21-19-17-15-13-11-9-7-5-2;1-5(2,3)4/h28-29,31-32,34H,4-27,30,33H2,1-3H3;(H2,1,2,3,4)/q+1;/p-1. The molecule has 0 atom stereocenters. The van der Waals surface area contributed by atoms with Crippen LogP contribution < -0.4 is 4.57 Å². The molecule has 2 rings (SSSR count). The summed E-state index contributed by atoms with van der Waals surface area (Å²) in [5, 5.41) is 3.01. The van der Waals surface area contributed by atoms with Crippen molar-refractivity contribution in [3.05, 3.63) is 41.7 Å². The lowest BCUT2D eigenvalue weighted by Gasteiger charge is -2.10. The maximum absolute atomic E-state index is 8.63. The van der Waals surface area contributed by atoms with Gasteiger partial charge in [0.05, 0.1) is 0 Å². The van der Waals surface area contributed by atoms with E-state index in [4.69, 9.17) is 17.5 Å². The summed E-state index contributed by atoms with van der Waals surface area (Å²) < 4.78 is 35.3. The van der Waals surface area contributed by atoms with Gasteiger partial charge in [-0.3, -0.25) is 4.55 Å². The molecule has 6 heteroatoms. The lowest BCUT2D eigenvalue weighted by Crippen LogP contribution is -2.34. The predicted octanol–water partition coefficient (Wildman–Crippen LogP) is 11.2. The first-order valence-electron chi connectivity index (χ1n) is 18.3. The normalized spacial score (nSPS) is 11.6. The van der Waals surface area contributed by atoms with Crippen LogP contribution in [-0.4, -0.2) is 17.5 Å². The highest BCUT2D eigenvalue weighted by Crippen LogP contribution is 2.24. The summed E-state index contributed by atoms with van der Waals surface area (Å²) in [6.45, 7) is 4.61. The Bertz CT molecular complexity index is 1060. The first-order valence-corrected chi connectivity index (χ1v) is 19.7. The number of aryl methyl sites for hydroxylation is 3. The van der Waals surface area contributed by atoms with E-state index in [-0.39, 0.29) is 0 Å². The lowest BCUT2D eigenvalue weighted by molar-refractivity contribution is -0.678. The summed E-state index contributed by atoms with van der Waals surface area (Å²) in [6, 6.07) is 9.22. The summed E-state index contributed by atoms with van der Waals surface area (Å²) in [4.78, 5) is 0. The molecule has 254 valence electrons. The molecule has 0 saturated heterocycles. The van der Waals surface area contributed by atoms with Crippen LogP contribution in [0.15, 0.2) is 30.5 Å². The van der Waals surface area contributed by atoms with Gasteiger partial charge in [0.25, 0.3) is 0 Å². The van der Waals surface area contributed by atoms with Gasteiger partial charge in [0.15, 0.2) is 11.9 Å². The molecule has 44 heavy (non-hydrogen) atoms. The Morgan fingerprint density at radius 1 is 0.568 bits per heavy atom. The van der Waals surface area contributed by atoms with Crippen molar-refractivity contribution >= 4 is 21.2 Å². The van der Waals surface area contributed by atoms with Gasteiger partial charge in [0, 0.05) is 17.4 Å². The zero-order chi connectivity index (χ0) is 32.3. The molecule has 0 radical (unpaired) electrons. The molecular formula is C38H67NO4S. The van der Waals surface area contributed by atoms with Crippen LogP contribution >= 0.6 is 0 Å². The van der Waals surface area contributed by atoms with Crippen molar-refractivity contribution in [2.75, 3.05) is 0 Å². The summed E-state index contributed by atoms with van der Waals surface area (Å²) in [5.74, 6) is 0. The summed E-state index contributed by atoms with van der Waals surface area (Å²) >= 11 is 0. The second-order valence-electron chi connectivity index (χ2n) is 13.0. The fourth-order valence-corrected chi connectivity index (χ4v) is 6.39. The SMILES string of the molecule is CCCCCCCCCCCCCCc1c[n+](C)c(CCCCCCCCCCCCCC)c2ccccc12.O=S(=O)([O-])O. The van der Waals surface area contributed by atoms with Crippen LogP contribution in [0.2, 0.25) is 0 Å². The number of unbranched alkanes of at least 4 members (excludes halogenated alkanes) is 22. The Morgan fingerprint density at radius 2 is 0.886 bits per heavy atom. The van der Waals surface area contributed by atoms with E-state index in [0.29, 0.717) is 0 Å². The fraction of sp³-hybridized carbons (Fsp3) is 0.763. The van der Waals surface area contributed by atoms with Crippen molar-refractivity contribution in [1.29, 1.82) is 0 Å². The molecule has 1 N–H and O–H groups in total. The topological polar surface area (TPSA) is 81.3 Å². The Labute approximate surface area is 272 Å². The Kier molecular flexibility index (Phi) is 24.6. The van der Waals surface area contributed by atoms with E-state index >= 15 is 0 Å². The maximum Gasteiger partial charge on any atom is 0.215 e. The zero-order valence-corrected chi connectivity index (χ0v) is 29.6. The number of pyridine rings is 1. The summed E-state index contributed by atoms with van der Waals surface area (Å²) in [6.07, 6.45) is 39.0. The van der Waals surface area contributed by atoms with Gasteiger partial charge in [-0.15, -0.1) is 0 Å². The highest BCUT2D eigenvalue weighted by molar-refractivity contribution is 7.79. The molecular weight excluding hydrogens is 566 g/mol. The first-order chi connectivity index (χ1) is 21.3. The van der Waals surface area contributed by atoms with E-state index in [9.17, 15) is 0 Å². The Balaban J connectivity index is 0.00000178.